The number of nitrogens with zero attached hydrogens (tertiary/aromatic N) is 2. The standard InChI is InChI=1S/C21H22N2.2ClH/c1-2-23-14-12-18-20(13-15-23)22-19-11-7-6-10-17(19)21(18)16-8-4-3-5-9-16;;/h3-11H,2,12-15H2,1H3;2*1H. The van der Waals surface area contributed by atoms with E-state index in [2.05, 4.69) is 66.4 Å². The summed E-state index contributed by atoms with van der Waals surface area (Å²) in [4.78, 5) is 7.53. The summed E-state index contributed by atoms with van der Waals surface area (Å²) in [5.41, 5.74) is 6.57. The Bertz CT molecular complexity index is 834. The molecule has 0 amide bonds. The number of para-hydroxylation sites is 1. The summed E-state index contributed by atoms with van der Waals surface area (Å²) in [5, 5.41) is 1.28. The van der Waals surface area contributed by atoms with Gasteiger partial charge < -0.3 is 4.90 Å². The maximum Gasteiger partial charge on any atom is 0.0711 e. The molecule has 0 aliphatic carbocycles. The summed E-state index contributed by atoms with van der Waals surface area (Å²) in [6.45, 7) is 5.61. The van der Waals surface area contributed by atoms with Crippen molar-refractivity contribution < 1.29 is 0 Å². The Morgan fingerprint density at radius 3 is 2.32 bits per heavy atom. The average molecular weight is 375 g/mol. The number of aromatic nitrogens is 1. The van der Waals surface area contributed by atoms with E-state index in [0.29, 0.717) is 0 Å². The Hall–Kier alpha value is -1.61. The van der Waals surface area contributed by atoms with E-state index in [0.717, 1.165) is 38.0 Å². The van der Waals surface area contributed by atoms with Gasteiger partial charge in [-0.1, -0.05) is 55.5 Å². The van der Waals surface area contributed by atoms with Crippen molar-refractivity contribution in [2.45, 2.75) is 19.8 Å². The Morgan fingerprint density at radius 2 is 1.56 bits per heavy atom. The van der Waals surface area contributed by atoms with Crippen LogP contribution in [-0.4, -0.2) is 29.5 Å². The zero-order valence-electron chi connectivity index (χ0n) is 14.4. The van der Waals surface area contributed by atoms with Gasteiger partial charge in [-0.3, -0.25) is 4.98 Å². The number of likely N-dealkylation sites (N-methyl/N-ethyl adjacent to an activating group) is 1. The summed E-state index contributed by atoms with van der Waals surface area (Å²) in [5.74, 6) is 0. The Balaban J connectivity index is 0.00000113. The van der Waals surface area contributed by atoms with Gasteiger partial charge in [-0.25, -0.2) is 0 Å². The lowest BCUT2D eigenvalue weighted by atomic mass is 9.92. The van der Waals surface area contributed by atoms with E-state index in [-0.39, 0.29) is 24.8 Å². The highest BCUT2D eigenvalue weighted by atomic mass is 35.5. The number of fused-ring (bicyclic) bond motifs is 2. The van der Waals surface area contributed by atoms with Crippen LogP contribution in [-0.2, 0) is 12.8 Å². The van der Waals surface area contributed by atoms with E-state index in [1.807, 2.05) is 0 Å². The zero-order chi connectivity index (χ0) is 15.6. The van der Waals surface area contributed by atoms with Gasteiger partial charge in [0.2, 0.25) is 0 Å². The molecule has 2 heterocycles. The van der Waals surface area contributed by atoms with E-state index < -0.39 is 0 Å². The van der Waals surface area contributed by atoms with Crippen molar-refractivity contribution in [3.63, 3.8) is 0 Å². The summed E-state index contributed by atoms with van der Waals surface area (Å²) in [6.07, 6.45) is 2.14. The van der Waals surface area contributed by atoms with Crippen LogP contribution >= 0.6 is 24.8 Å². The van der Waals surface area contributed by atoms with Crippen LogP contribution in [0.15, 0.2) is 54.6 Å². The minimum atomic E-state index is 0. The van der Waals surface area contributed by atoms with E-state index in [9.17, 15) is 0 Å². The van der Waals surface area contributed by atoms with Crippen LogP contribution in [0.25, 0.3) is 22.0 Å². The monoisotopic (exact) mass is 374 g/mol. The molecular weight excluding hydrogens is 351 g/mol. The van der Waals surface area contributed by atoms with Crippen molar-refractivity contribution in [3.8, 4) is 11.1 Å². The maximum atomic E-state index is 5.00. The highest BCUT2D eigenvalue weighted by Gasteiger charge is 2.20. The highest BCUT2D eigenvalue weighted by Crippen LogP contribution is 2.34. The molecule has 3 aromatic rings. The molecule has 1 aromatic heterocycles. The molecule has 4 rings (SSSR count). The summed E-state index contributed by atoms with van der Waals surface area (Å²) in [6, 6.07) is 19.4. The number of benzene rings is 2. The van der Waals surface area contributed by atoms with Gasteiger partial charge in [0.15, 0.2) is 0 Å². The normalized spacial score (nSPS) is 14.1. The third kappa shape index (κ3) is 3.82. The average Bonchev–Trinajstić information content (AvgIpc) is 2.82. The van der Waals surface area contributed by atoms with Gasteiger partial charge in [-0.15, -0.1) is 24.8 Å². The quantitative estimate of drug-likeness (QED) is 0.615. The lowest BCUT2D eigenvalue weighted by Gasteiger charge is -2.17. The minimum absolute atomic E-state index is 0. The number of rotatable bonds is 2. The van der Waals surface area contributed by atoms with Gasteiger partial charge >= 0.3 is 0 Å². The molecule has 0 saturated carbocycles. The van der Waals surface area contributed by atoms with Crippen molar-refractivity contribution in [2.24, 2.45) is 0 Å². The van der Waals surface area contributed by atoms with Crippen LogP contribution in [0.1, 0.15) is 18.2 Å². The molecule has 0 saturated heterocycles. The van der Waals surface area contributed by atoms with Crippen LogP contribution in [0, 0.1) is 0 Å². The third-order valence-electron chi connectivity index (χ3n) is 4.93. The third-order valence-corrected chi connectivity index (χ3v) is 4.93. The first kappa shape index (κ1) is 19.7. The lowest BCUT2D eigenvalue weighted by Crippen LogP contribution is -2.25. The molecule has 0 unspecified atom stereocenters. The van der Waals surface area contributed by atoms with Crippen molar-refractivity contribution in [1.82, 2.24) is 9.88 Å². The van der Waals surface area contributed by atoms with Gasteiger partial charge in [0.05, 0.1) is 5.52 Å². The van der Waals surface area contributed by atoms with Crippen LogP contribution in [0.3, 0.4) is 0 Å². The van der Waals surface area contributed by atoms with E-state index in [4.69, 9.17) is 4.98 Å². The Morgan fingerprint density at radius 1 is 0.880 bits per heavy atom. The van der Waals surface area contributed by atoms with Gasteiger partial charge in [0.25, 0.3) is 0 Å². The smallest absolute Gasteiger partial charge is 0.0711 e. The van der Waals surface area contributed by atoms with Crippen molar-refractivity contribution >= 4 is 35.7 Å². The molecule has 0 atom stereocenters. The van der Waals surface area contributed by atoms with Crippen molar-refractivity contribution in [2.75, 3.05) is 19.6 Å². The fourth-order valence-electron chi connectivity index (χ4n) is 3.67. The molecule has 0 spiro atoms. The maximum absolute atomic E-state index is 5.00. The Kier molecular flexibility index (Phi) is 6.83. The van der Waals surface area contributed by atoms with Gasteiger partial charge in [-0.2, -0.15) is 0 Å². The molecule has 0 bridgehead atoms. The van der Waals surface area contributed by atoms with Crippen LogP contribution < -0.4 is 0 Å². The first-order valence-corrected chi connectivity index (χ1v) is 8.55. The zero-order valence-corrected chi connectivity index (χ0v) is 16.1. The first-order chi connectivity index (χ1) is 11.4. The fraction of sp³-hybridized carbons (Fsp3) is 0.286. The number of pyridine rings is 1. The van der Waals surface area contributed by atoms with Crippen LogP contribution in [0.4, 0.5) is 0 Å². The second kappa shape index (κ2) is 8.66. The summed E-state index contributed by atoms with van der Waals surface area (Å²) in [7, 11) is 0. The largest absolute Gasteiger partial charge is 0.303 e. The second-order valence-corrected chi connectivity index (χ2v) is 6.23. The predicted molar refractivity (Wildman–Crippen MR) is 111 cm³/mol. The van der Waals surface area contributed by atoms with Crippen LogP contribution in [0.5, 0.6) is 0 Å². The molecule has 132 valence electrons. The van der Waals surface area contributed by atoms with Gasteiger partial charge in [-0.05, 0) is 35.7 Å². The molecule has 0 radical (unpaired) electrons. The number of halogens is 2. The van der Waals surface area contributed by atoms with E-state index in [1.165, 1.54) is 27.8 Å². The Labute approximate surface area is 162 Å². The van der Waals surface area contributed by atoms with Crippen molar-refractivity contribution in [3.05, 3.63) is 65.9 Å². The van der Waals surface area contributed by atoms with Crippen LogP contribution in [0.2, 0.25) is 0 Å². The second-order valence-electron chi connectivity index (χ2n) is 6.23. The first-order valence-electron chi connectivity index (χ1n) is 8.55. The molecular formula is C21H24Cl2N2. The molecule has 25 heavy (non-hydrogen) atoms. The molecule has 2 nitrogen and oxygen atoms in total. The molecule has 0 fully saturated rings. The topological polar surface area (TPSA) is 16.1 Å². The van der Waals surface area contributed by atoms with Crippen molar-refractivity contribution in [1.29, 1.82) is 0 Å². The molecule has 1 aliphatic heterocycles. The minimum Gasteiger partial charge on any atom is -0.303 e. The number of hydrogen-bond donors (Lipinski definition) is 0. The molecule has 1 aliphatic rings. The molecule has 2 aromatic carbocycles. The summed E-state index contributed by atoms with van der Waals surface area (Å²) < 4.78 is 0. The SMILES string of the molecule is CCN1CCc2nc3ccccc3c(-c3ccccc3)c2CC1.Cl.Cl. The van der Waals surface area contributed by atoms with E-state index >= 15 is 0 Å². The number of hydrogen-bond acceptors (Lipinski definition) is 2. The molecule has 0 N–H and O–H groups in total. The fourth-order valence-corrected chi connectivity index (χ4v) is 3.67. The predicted octanol–water partition coefficient (Wildman–Crippen LogP) is 5.17. The summed E-state index contributed by atoms with van der Waals surface area (Å²) >= 11 is 0. The molecule has 4 heteroatoms. The van der Waals surface area contributed by atoms with E-state index in [1.54, 1.807) is 0 Å². The highest BCUT2D eigenvalue weighted by molar-refractivity contribution is 5.96. The lowest BCUT2D eigenvalue weighted by molar-refractivity contribution is 0.303. The van der Waals surface area contributed by atoms with Gasteiger partial charge in [0.1, 0.15) is 0 Å². The van der Waals surface area contributed by atoms with Gasteiger partial charge in [0, 0.05) is 30.6 Å².